The number of benzene rings is 1. The fourth-order valence-corrected chi connectivity index (χ4v) is 2.87. The molecule has 0 aliphatic heterocycles. The van der Waals surface area contributed by atoms with Gasteiger partial charge in [0.1, 0.15) is 5.82 Å². The van der Waals surface area contributed by atoms with Crippen LogP contribution in [0.2, 0.25) is 0 Å². The highest BCUT2D eigenvalue weighted by molar-refractivity contribution is 5.84. The van der Waals surface area contributed by atoms with Gasteiger partial charge in [-0.25, -0.2) is 4.39 Å². The van der Waals surface area contributed by atoms with E-state index >= 15 is 0 Å². The predicted octanol–water partition coefficient (Wildman–Crippen LogP) is 3.62. The molecule has 2 nitrogen and oxygen atoms in total. The lowest BCUT2D eigenvalue weighted by atomic mass is 9.87. The molecule has 1 fully saturated rings. The molecule has 1 saturated carbocycles. The molecule has 1 aromatic rings. The number of hydrogen-bond acceptors (Lipinski definition) is 1. The summed E-state index contributed by atoms with van der Waals surface area (Å²) in [5.41, 5.74) is 0.895. The average molecular weight is 263 g/mol. The van der Waals surface area contributed by atoms with Crippen LogP contribution < -0.4 is 5.32 Å². The van der Waals surface area contributed by atoms with Crippen LogP contribution in [0.4, 0.5) is 4.39 Å². The van der Waals surface area contributed by atoms with E-state index in [-0.39, 0.29) is 23.6 Å². The molecule has 1 unspecified atom stereocenters. The van der Waals surface area contributed by atoms with Crippen LogP contribution >= 0.6 is 0 Å². The molecule has 1 atom stereocenters. The lowest BCUT2D eigenvalue weighted by molar-refractivity contribution is -0.124. The highest BCUT2D eigenvalue weighted by Gasteiger charge is 2.27. The zero-order valence-electron chi connectivity index (χ0n) is 11.7. The van der Waals surface area contributed by atoms with Gasteiger partial charge in [-0.05, 0) is 36.5 Å². The molecule has 1 amide bonds. The molecule has 0 aromatic heterocycles. The van der Waals surface area contributed by atoms with Crippen molar-refractivity contribution >= 4 is 5.91 Å². The molecular formula is C16H22FNO. The van der Waals surface area contributed by atoms with E-state index in [9.17, 15) is 9.18 Å². The van der Waals surface area contributed by atoms with Crippen molar-refractivity contribution in [3.05, 3.63) is 35.6 Å². The number of halogens is 1. The quantitative estimate of drug-likeness (QED) is 0.883. The Bertz CT molecular complexity index is 421. The van der Waals surface area contributed by atoms with E-state index in [0.29, 0.717) is 6.04 Å². The van der Waals surface area contributed by atoms with Crippen LogP contribution in [0.1, 0.15) is 51.0 Å². The Kier molecular flexibility index (Phi) is 4.56. The van der Waals surface area contributed by atoms with E-state index in [1.54, 1.807) is 12.1 Å². The first kappa shape index (κ1) is 14.0. The van der Waals surface area contributed by atoms with E-state index < -0.39 is 0 Å². The number of amides is 1. The second-order valence-corrected chi connectivity index (χ2v) is 5.76. The molecule has 1 aliphatic carbocycles. The third kappa shape index (κ3) is 3.55. The first-order chi connectivity index (χ1) is 9.08. The average Bonchev–Trinajstić information content (AvgIpc) is 2.84. The van der Waals surface area contributed by atoms with Crippen LogP contribution in [0.3, 0.4) is 0 Å². The van der Waals surface area contributed by atoms with E-state index in [1.165, 1.54) is 25.0 Å². The number of rotatable bonds is 4. The van der Waals surface area contributed by atoms with Gasteiger partial charge in [0.25, 0.3) is 0 Å². The van der Waals surface area contributed by atoms with Crippen molar-refractivity contribution in [2.24, 2.45) is 5.92 Å². The van der Waals surface area contributed by atoms with Gasteiger partial charge < -0.3 is 5.32 Å². The molecule has 2 rings (SSSR count). The zero-order valence-corrected chi connectivity index (χ0v) is 11.7. The first-order valence-corrected chi connectivity index (χ1v) is 7.14. The summed E-state index contributed by atoms with van der Waals surface area (Å²) in [5.74, 6) is -0.177. The fraction of sp³-hybridized carbons (Fsp3) is 0.562. The van der Waals surface area contributed by atoms with Crippen molar-refractivity contribution in [2.45, 2.75) is 51.5 Å². The van der Waals surface area contributed by atoms with Crippen molar-refractivity contribution < 1.29 is 9.18 Å². The molecule has 0 bridgehead atoms. The van der Waals surface area contributed by atoms with Crippen molar-refractivity contribution in [3.63, 3.8) is 0 Å². The van der Waals surface area contributed by atoms with E-state index in [0.717, 1.165) is 18.4 Å². The minimum absolute atomic E-state index is 0.0773. The van der Waals surface area contributed by atoms with Crippen molar-refractivity contribution in [3.8, 4) is 0 Å². The first-order valence-electron chi connectivity index (χ1n) is 7.14. The summed E-state index contributed by atoms with van der Waals surface area (Å²) < 4.78 is 13.0. The summed E-state index contributed by atoms with van der Waals surface area (Å²) in [7, 11) is 0. The molecule has 0 radical (unpaired) electrons. The molecular weight excluding hydrogens is 241 g/mol. The van der Waals surface area contributed by atoms with Gasteiger partial charge in [0.2, 0.25) is 5.91 Å². The molecule has 0 spiro atoms. The summed E-state index contributed by atoms with van der Waals surface area (Å²) in [6, 6.07) is 6.61. The summed E-state index contributed by atoms with van der Waals surface area (Å²) in [6.07, 6.45) is 4.57. The topological polar surface area (TPSA) is 29.1 Å². The van der Waals surface area contributed by atoms with Gasteiger partial charge in [0.15, 0.2) is 0 Å². The standard InChI is InChI=1S/C16H22FNO/c1-11(2)15(12-7-9-13(17)10-8-12)16(19)18-14-5-3-4-6-14/h7-11,14-15H,3-6H2,1-2H3,(H,18,19). The summed E-state index contributed by atoms with van der Waals surface area (Å²) >= 11 is 0. The predicted molar refractivity (Wildman–Crippen MR) is 74.4 cm³/mol. The van der Waals surface area contributed by atoms with Crippen LogP contribution in [0, 0.1) is 11.7 Å². The lowest BCUT2D eigenvalue weighted by Gasteiger charge is -2.23. The van der Waals surface area contributed by atoms with Gasteiger partial charge in [0.05, 0.1) is 5.92 Å². The number of carbonyl (C=O) groups excluding carboxylic acids is 1. The van der Waals surface area contributed by atoms with Gasteiger partial charge in [-0.2, -0.15) is 0 Å². The van der Waals surface area contributed by atoms with E-state index in [1.807, 2.05) is 13.8 Å². The maximum absolute atomic E-state index is 13.0. The number of hydrogen-bond donors (Lipinski definition) is 1. The Hall–Kier alpha value is -1.38. The smallest absolute Gasteiger partial charge is 0.228 e. The molecule has 1 aliphatic rings. The van der Waals surface area contributed by atoms with Gasteiger partial charge in [-0.3, -0.25) is 4.79 Å². The van der Waals surface area contributed by atoms with Crippen LogP contribution in [-0.4, -0.2) is 11.9 Å². The third-order valence-electron chi connectivity index (χ3n) is 3.88. The van der Waals surface area contributed by atoms with Gasteiger partial charge in [-0.1, -0.05) is 38.8 Å². The maximum atomic E-state index is 13.0. The minimum atomic E-state index is -0.262. The van der Waals surface area contributed by atoms with Gasteiger partial charge >= 0.3 is 0 Å². The van der Waals surface area contributed by atoms with Gasteiger partial charge in [-0.15, -0.1) is 0 Å². The van der Waals surface area contributed by atoms with E-state index in [4.69, 9.17) is 0 Å². The highest BCUT2D eigenvalue weighted by Crippen LogP contribution is 2.26. The van der Waals surface area contributed by atoms with Gasteiger partial charge in [0, 0.05) is 6.04 Å². The zero-order chi connectivity index (χ0) is 13.8. The number of nitrogens with one attached hydrogen (secondary N) is 1. The van der Waals surface area contributed by atoms with Crippen LogP contribution in [0.15, 0.2) is 24.3 Å². The Morgan fingerprint density at radius 1 is 1.21 bits per heavy atom. The Morgan fingerprint density at radius 3 is 2.32 bits per heavy atom. The highest BCUT2D eigenvalue weighted by atomic mass is 19.1. The largest absolute Gasteiger partial charge is 0.353 e. The van der Waals surface area contributed by atoms with Crippen LogP contribution in [0.25, 0.3) is 0 Å². The maximum Gasteiger partial charge on any atom is 0.228 e. The third-order valence-corrected chi connectivity index (χ3v) is 3.88. The molecule has 0 saturated heterocycles. The molecule has 3 heteroatoms. The monoisotopic (exact) mass is 263 g/mol. The van der Waals surface area contributed by atoms with Crippen molar-refractivity contribution in [2.75, 3.05) is 0 Å². The molecule has 1 aromatic carbocycles. The van der Waals surface area contributed by atoms with Crippen molar-refractivity contribution in [1.82, 2.24) is 5.32 Å². The lowest BCUT2D eigenvalue weighted by Crippen LogP contribution is -2.38. The SMILES string of the molecule is CC(C)C(C(=O)NC1CCCC1)c1ccc(F)cc1. The molecule has 104 valence electrons. The minimum Gasteiger partial charge on any atom is -0.353 e. The molecule has 1 N–H and O–H groups in total. The fourth-order valence-electron chi connectivity index (χ4n) is 2.87. The van der Waals surface area contributed by atoms with Crippen molar-refractivity contribution in [1.29, 1.82) is 0 Å². The Labute approximate surface area is 114 Å². The summed E-state index contributed by atoms with van der Waals surface area (Å²) in [6.45, 7) is 4.06. The Morgan fingerprint density at radius 2 is 1.79 bits per heavy atom. The Balaban J connectivity index is 2.10. The van der Waals surface area contributed by atoms with Crippen LogP contribution in [-0.2, 0) is 4.79 Å². The normalized spacial score (nSPS) is 17.7. The summed E-state index contributed by atoms with van der Waals surface area (Å²) in [4.78, 5) is 12.4. The number of carbonyl (C=O) groups is 1. The molecule has 0 heterocycles. The summed E-state index contributed by atoms with van der Waals surface area (Å²) in [5, 5.41) is 3.14. The second-order valence-electron chi connectivity index (χ2n) is 5.76. The molecule has 19 heavy (non-hydrogen) atoms. The van der Waals surface area contributed by atoms with E-state index in [2.05, 4.69) is 5.32 Å². The second kappa shape index (κ2) is 6.18. The van der Waals surface area contributed by atoms with Crippen LogP contribution in [0.5, 0.6) is 0 Å².